The van der Waals surface area contributed by atoms with Crippen LogP contribution in [-0.4, -0.2) is 102 Å². The molecule has 0 radical (unpaired) electrons. The molecule has 3 rings (SSSR count). The van der Waals surface area contributed by atoms with Gasteiger partial charge in [-0.05, 0) is 51.3 Å². The molecule has 2 amide bonds. The van der Waals surface area contributed by atoms with Crippen LogP contribution in [0.3, 0.4) is 0 Å². The number of amides is 2. The van der Waals surface area contributed by atoms with Crippen molar-refractivity contribution in [2.45, 2.75) is 82.3 Å². The molecule has 1 aliphatic heterocycles. The number of aliphatic hydroxyl groups excluding tert-OH is 1. The number of aromatic nitrogens is 2. The molecule has 0 unspecified atom stereocenters. The van der Waals surface area contributed by atoms with Gasteiger partial charge in [0, 0.05) is 58.0 Å². The summed E-state index contributed by atoms with van der Waals surface area (Å²) in [5, 5.41) is 12.4. The lowest BCUT2D eigenvalue weighted by Gasteiger charge is -2.35. The Kier molecular flexibility index (Phi) is 13.0. The second-order valence-electron chi connectivity index (χ2n) is 11.8. The number of ether oxygens (including phenoxy) is 2. The smallest absolute Gasteiger partial charge is 0.389 e. The lowest BCUT2D eigenvalue weighted by molar-refractivity contribution is -0.142. The number of imidazole rings is 1. The third kappa shape index (κ3) is 10.4. The molecule has 0 saturated heterocycles. The summed E-state index contributed by atoms with van der Waals surface area (Å²) in [5.41, 5.74) is 0.168. The minimum atomic E-state index is -4.49. The molecule has 4 atom stereocenters. The largest absolute Gasteiger partial charge is 0.490 e. The molecule has 12 nitrogen and oxygen atoms in total. The number of likely N-dealkylation sites (N-methyl/N-ethyl adjacent to an activating group) is 1. The summed E-state index contributed by atoms with van der Waals surface area (Å²) in [7, 11) is -0.835. The van der Waals surface area contributed by atoms with E-state index in [0.29, 0.717) is 25.9 Å². The van der Waals surface area contributed by atoms with E-state index in [1.54, 1.807) is 14.0 Å². The average molecular weight is 676 g/mol. The molecule has 258 valence electrons. The predicted octanol–water partition coefficient (Wildman–Crippen LogP) is 3.82. The summed E-state index contributed by atoms with van der Waals surface area (Å²) >= 11 is 0. The van der Waals surface area contributed by atoms with Gasteiger partial charge in [-0.3, -0.25) is 9.59 Å². The summed E-state index contributed by atoms with van der Waals surface area (Å²) in [6.07, 6.45) is -2.74. The van der Waals surface area contributed by atoms with Gasteiger partial charge in [-0.2, -0.15) is 17.5 Å². The van der Waals surface area contributed by atoms with Crippen molar-refractivity contribution < 1.29 is 45.8 Å². The number of sulfonamides is 1. The fourth-order valence-electron chi connectivity index (χ4n) is 4.97. The normalized spacial score (nSPS) is 21.3. The van der Waals surface area contributed by atoms with E-state index in [4.69, 9.17) is 9.47 Å². The van der Waals surface area contributed by atoms with E-state index >= 15 is 0 Å². The van der Waals surface area contributed by atoms with Gasteiger partial charge in [0.15, 0.2) is 5.03 Å². The topological polar surface area (TPSA) is 143 Å². The Morgan fingerprint density at radius 2 is 1.98 bits per heavy atom. The number of benzene rings is 1. The molecule has 46 heavy (non-hydrogen) atoms. The molecular weight excluding hydrogens is 631 g/mol. The first-order valence-corrected chi connectivity index (χ1v) is 16.6. The van der Waals surface area contributed by atoms with Gasteiger partial charge in [0.25, 0.3) is 15.9 Å². The standard InChI is InChI=1S/C30H44F3N5O7S/c1-20-15-38(21(2)18-39)29(41)24-14-23(35-27(40)11-12-30(31,32)33)9-10-25(24)45-22(3)8-6-7-13-44-26(20)16-37(5)46(42,43)28-17-36(4)19-34-28/h9-10,14,17,19-22,26,39H,6-8,11-13,15-16,18H2,1-5H3,(H,35,40)/t20-,21+,22-,26-/m1/s1. The Balaban J connectivity index is 1.94. The van der Waals surface area contributed by atoms with Crippen LogP contribution in [0.1, 0.15) is 63.2 Å². The molecule has 16 heteroatoms. The maximum atomic E-state index is 14.1. The molecule has 0 aliphatic carbocycles. The molecular formula is C30H44F3N5O7S. The highest BCUT2D eigenvalue weighted by Crippen LogP contribution is 2.29. The van der Waals surface area contributed by atoms with Gasteiger partial charge >= 0.3 is 6.18 Å². The molecule has 0 saturated carbocycles. The van der Waals surface area contributed by atoms with Crippen LogP contribution in [0.5, 0.6) is 5.75 Å². The van der Waals surface area contributed by atoms with E-state index in [2.05, 4.69) is 10.3 Å². The maximum absolute atomic E-state index is 14.1. The lowest BCUT2D eigenvalue weighted by atomic mass is 10.0. The Bertz CT molecular complexity index is 1440. The van der Waals surface area contributed by atoms with E-state index in [1.165, 1.54) is 51.5 Å². The number of alkyl halides is 3. The number of nitrogens with zero attached hydrogens (tertiary/aromatic N) is 4. The number of aryl methyl sites for hydroxylation is 1. The van der Waals surface area contributed by atoms with Crippen LogP contribution >= 0.6 is 0 Å². The third-order valence-corrected chi connectivity index (χ3v) is 9.47. The van der Waals surface area contributed by atoms with Gasteiger partial charge in [-0.25, -0.2) is 13.4 Å². The SMILES string of the molecule is C[C@@H]1CCCCO[C@H](CN(C)S(=O)(=O)c2cn(C)cn2)[C@H](C)CN([C@@H](C)CO)C(=O)c2cc(NC(=O)CCC(F)(F)F)ccc2O1. The van der Waals surface area contributed by atoms with E-state index < -0.39 is 65.5 Å². The minimum Gasteiger partial charge on any atom is -0.490 e. The number of rotatable bonds is 9. The van der Waals surface area contributed by atoms with Gasteiger partial charge < -0.3 is 29.4 Å². The summed E-state index contributed by atoms with van der Waals surface area (Å²) in [5.74, 6) is -1.61. The van der Waals surface area contributed by atoms with Gasteiger partial charge in [-0.1, -0.05) is 6.92 Å². The summed E-state index contributed by atoms with van der Waals surface area (Å²) in [6.45, 7) is 5.28. The predicted molar refractivity (Wildman–Crippen MR) is 164 cm³/mol. The van der Waals surface area contributed by atoms with Crippen LogP contribution in [0.25, 0.3) is 0 Å². The van der Waals surface area contributed by atoms with Gasteiger partial charge in [0.05, 0.1) is 43.2 Å². The van der Waals surface area contributed by atoms with E-state index in [0.717, 1.165) is 0 Å². The zero-order chi connectivity index (χ0) is 34.2. The van der Waals surface area contributed by atoms with Crippen LogP contribution < -0.4 is 10.1 Å². The van der Waals surface area contributed by atoms with Crippen LogP contribution in [0, 0.1) is 5.92 Å². The number of nitrogens with one attached hydrogen (secondary N) is 1. The Morgan fingerprint density at radius 1 is 1.26 bits per heavy atom. The van der Waals surface area contributed by atoms with Crippen molar-refractivity contribution in [3.63, 3.8) is 0 Å². The summed E-state index contributed by atoms with van der Waals surface area (Å²) in [6, 6.07) is 3.61. The van der Waals surface area contributed by atoms with E-state index in [9.17, 15) is 36.3 Å². The number of hydrogen-bond donors (Lipinski definition) is 2. The van der Waals surface area contributed by atoms with Gasteiger partial charge in [-0.15, -0.1) is 0 Å². The van der Waals surface area contributed by atoms with Crippen molar-refractivity contribution >= 4 is 27.5 Å². The second kappa shape index (κ2) is 16.1. The molecule has 2 N–H and O–H groups in total. The highest BCUT2D eigenvalue weighted by atomic mass is 32.2. The second-order valence-corrected chi connectivity index (χ2v) is 13.8. The lowest BCUT2D eigenvalue weighted by Crippen LogP contribution is -2.48. The Labute approximate surface area is 267 Å². The van der Waals surface area contributed by atoms with Crippen molar-refractivity contribution in [2.24, 2.45) is 13.0 Å². The Morgan fingerprint density at radius 3 is 2.61 bits per heavy atom. The first-order valence-electron chi connectivity index (χ1n) is 15.2. The zero-order valence-electron chi connectivity index (χ0n) is 26.8. The first-order chi connectivity index (χ1) is 21.5. The van der Waals surface area contributed by atoms with Crippen molar-refractivity contribution in [1.29, 1.82) is 0 Å². The molecule has 1 aliphatic rings. The van der Waals surface area contributed by atoms with Crippen LogP contribution in [0.4, 0.5) is 18.9 Å². The van der Waals surface area contributed by atoms with Gasteiger partial charge in [0.2, 0.25) is 5.91 Å². The average Bonchev–Trinajstić information content (AvgIpc) is 3.44. The number of carbonyl (C=O) groups excluding carboxylic acids is 2. The highest BCUT2D eigenvalue weighted by molar-refractivity contribution is 7.89. The molecule has 1 aromatic heterocycles. The van der Waals surface area contributed by atoms with E-state index in [1.807, 2.05) is 13.8 Å². The van der Waals surface area contributed by atoms with Crippen LogP contribution in [0.15, 0.2) is 35.7 Å². The van der Waals surface area contributed by atoms with Gasteiger partial charge in [0.1, 0.15) is 5.75 Å². The van der Waals surface area contributed by atoms with Crippen LogP contribution in [0.2, 0.25) is 0 Å². The highest BCUT2D eigenvalue weighted by Gasteiger charge is 2.33. The van der Waals surface area contributed by atoms with Crippen molar-refractivity contribution in [3.05, 3.63) is 36.3 Å². The number of fused-ring (bicyclic) bond motifs is 1. The number of aliphatic hydroxyl groups is 1. The molecule has 0 bridgehead atoms. The zero-order valence-corrected chi connectivity index (χ0v) is 27.6. The quantitative estimate of drug-likeness (QED) is 0.409. The summed E-state index contributed by atoms with van der Waals surface area (Å²) in [4.78, 5) is 31.8. The van der Waals surface area contributed by atoms with Crippen molar-refractivity contribution in [2.75, 3.05) is 38.7 Å². The first kappa shape index (κ1) is 37.2. The molecule has 1 aromatic carbocycles. The molecule has 2 heterocycles. The van der Waals surface area contributed by atoms with E-state index in [-0.39, 0.29) is 41.2 Å². The fraction of sp³-hybridized carbons (Fsp3) is 0.633. The van der Waals surface area contributed by atoms with Crippen molar-refractivity contribution in [1.82, 2.24) is 18.8 Å². The minimum absolute atomic E-state index is 0.0280. The number of hydrogen-bond acceptors (Lipinski definition) is 8. The monoisotopic (exact) mass is 675 g/mol. The molecule has 0 fully saturated rings. The number of anilines is 1. The number of carbonyl (C=O) groups is 2. The summed E-state index contributed by atoms with van der Waals surface area (Å²) < 4.78 is 79.4. The Hall–Kier alpha value is -3.21. The van der Waals surface area contributed by atoms with Crippen molar-refractivity contribution in [3.8, 4) is 5.75 Å². The fourth-order valence-corrected chi connectivity index (χ4v) is 6.12. The molecule has 2 aromatic rings. The third-order valence-electron chi connectivity index (χ3n) is 7.76. The maximum Gasteiger partial charge on any atom is 0.389 e. The molecule has 0 spiro atoms. The number of halogens is 3. The van der Waals surface area contributed by atoms with Crippen LogP contribution in [-0.2, 0) is 26.6 Å².